The van der Waals surface area contributed by atoms with Crippen molar-refractivity contribution in [3.8, 4) is 0 Å². The summed E-state index contributed by atoms with van der Waals surface area (Å²) in [5.74, 6) is 3.72. The molecule has 2 aliphatic rings. The Hall–Kier alpha value is -1.53. The number of aryl methyl sites for hydroxylation is 1. The summed E-state index contributed by atoms with van der Waals surface area (Å²) >= 11 is 0. The molecule has 0 spiro atoms. The minimum absolute atomic E-state index is 0.192. The van der Waals surface area contributed by atoms with Crippen LogP contribution in [0.15, 0.2) is 21.5 Å². The van der Waals surface area contributed by atoms with Crippen molar-refractivity contribution in [2.75, 3.05) is 39.9 Å². The number of furan rings is 1. The summed E-state index contributed by atoms with van der Waals surface area (Å²) in [7, 11) is 1.85. The third-order valence-corrected chi connectivity index (χ3v) is 5.62. The Bertz CT molecular complexity index is 572. The van der Waals surface area contributed by atoms with Gasteiger partial charge in [0.15, 0.2) is 5.96 Å². The smallest absolute Gasteiger partial charge is 0.191 e. The number of guanidine groups is 1. The molecule has 146 valence electrons. The molecule has 0 radical (unpaired) electrons. The maximum absolute atomic E-state index is 5.94. The zero-order valence-corrected chi connectivity index (χ0v) is 16.5. The van der Waals surface area contributed by atoms with Crippen molar-refractivity contribution >= 4 is 5.96 Å². The third kappa shape index (κ3) is 5.24. The molecule has 6 heteroatoms. The first-order valence-corrected chi connectivity index (χ1v) is 10.0. The van der Waals surface area contributed by atoms with E-state index in [4.69, 9.17) is 9.15 Å². The lowest BCUT2D eigenvalue weighted by Crippen LogP contribution is -2.48. The van der Waals surface area contributed by atoms with Crippen LogP contribution in [0.5, 0.6) is 0 Å². The van der Waals surface area contributed by atoms with Crippen LogP contribution in [-0.2, 0) is 4.74 Å². The van der Waals surface area contributed by atoms with Gasteiger partial charge in [0, 0.05) is 32.7 Å². The number of rotatable bonds is 5. The Balaban J connectivity index is 1.58. The molecule has 1 aliphatic heterocycles. The van der Waals surface area contributed by atoms with Crippen LogP contribution >= 0.6 is 0 Å². The summed E-state index contributed by atoms with van der Waals surface area (Å²) in [6, 6.07) is 4.86. The van der Waals surface area contributed by atoms with Gasteiger partial charge in [-0.3, -0.25) is 9.89 Å². The van der Waals surface area contributed by atoms with Crippen LogP contribution in [0, 0.1) is 12.8 Å². The van der Waals surface area contributed by atoms with Gasteiger partial charge in [-0.25, -0.2) is 0 Å². The topological polar surface area (TPSA) is 62.0 Å². The Kier molecular flexibility index (Phi) is 6.97. The molecule has 1 unspecified atom stereocenters. The summed E-state index contributed by atoms with van der Waals surface area (Å²) in [5, 5.41) is 7.14. The second-order valence-corrected chi connectivity index (χ2v) is 7.67. The van der Waals surface area contributed by atoms with Gasteiger partial charge in [0.2, 0.25) is 0 Å². The number of aliphatic imine (C=N–C) groups is 1. The Morgan fingerprint density at radius 2 is 1.96 bits per heavy atom. The van der Waals surface area contributed by atoms with Crippen LogP contribution in [0.1, 0.15) is 50.2 Å². The number of hydrogen-bond donors (Lipinski definition) is 2. The van der Waals surface area contributed by atoms with Crippen molar-refractivity contribution < 1.29 is 9.15 Å². The molecular formula is C20H34N4O2. The number of nitrogens with one attached hydrogen (secondary N) is 2. The van der Waals surface area contributed by atoms with Crippen molar-refractivity contribution in [2.45, 2.75) is 51.6 Å². The third-order valence-electron chi connectivity index (χ3n) is 5.62. The summed E-state index contributed by atoms with van der Waals surface area (Å²) in [5.41, 5.74) is 0. The molecule has 1 aliphatic carbocycles. The predicted octanol–water partition coefficient (Wildman–Crippen LogP) is 2.71. The molecule has 1 aromatic rings. The van der Waals surface area contributed by atoms with Crippen LogP contribution in [-0.4, -0.2) is 56.8 Å². The SMILES string of the molecule is CN=C(NCC(c1ccc(C)o1)N1CCOCC1)NC1CCC(C)CC1. The van der Waals surface area contributed by atoms with E-state index in [1.807, 2.05) is 20.0 Å². The number of hydrogen-bond acceptors (Lipinski definition) is 4. The highest BCUT2D eigenvalue weighted by Gasteiger charge is 2.26. The van der Waals surface area contributed by atoms with E-state index in [1.165, 1.54) is 25.7 Å². The number of nitrogens with zero attached hydrogens (tertiary/aromatic N) is 2. The van der Waals surface area contributed by atoms with Gasteiger partial charge in [0.1, 0.15) is 11.5 Å². The predicted molar refractivity (Wildman–Crippen MR) is 104 cm³/mol. The molecule has 2 heterocycles. The quantitative estimate of drug-likeness (QED) is 0.623. The van der Waals surface area contributed by atoms with Gasteiger partial charge in [-0.2, -0.15) is 0 Å². The van der Waals surface area contributed by atoms with E-state index >= 15 is 0 Å². The zero-order valence-electron chi connectivity index (χ0n) is 16.5. The Labute approximate surface area is 157 Å². The highest BCUT2D eigenvalue weighted by molar-refractivity contribution is 5.80. The largest absolute Gasteiger partial charge is 0.465 e. The van der Waals surface area contributed by atoms with Crippen molar-refractivity contribution in [1.82, 2.24) is 15.5 Å². The summed E-state index contributed by atoms with van der Waals surface area (Å²) in [4.78, 5) is 6.87. The lowest BCUT2D eigenvalue weighted by Gasteiger charge is -2.34. The van der Waals surface area contributed by atoms with Crippen molar-refractivity contribution in [1.29, 1.82) is 0 Å². The monoisotopic (exact) mass is 362 g/mol. The van der Waals surface area contributed by atoms with Crippen molar-refractivity contribution in [2.24, 2.45) is 10.9 Å². The van der Waals surface area contributed by atoms with E-state index in [-0.39, 0.29) is 6.04 Å². The first-order chi connectivity index (χ1) is 12.7. The minimum atomic E-state index is 0.192. The Morgan fingerprint density at radius 3 is 2.58 bits per heavy atom. The molecule has 26 heavy (non-hydrogen) atoms. The van der Waals surface area contributed by atoms with Gasteiger partial charge in [-0.1, -0.05) is 6.92 Å². The van der Waals surface area contributed by atoms with E-state index in [1.54, 1.807) is 0 Å². The second-order valence-electron chi connectivity index (χ2n) is 7.67. The summed E-state index contributed by atoms with van der Waals surface area (Å²) < 4.78 is 11.5. The van der Waals surface area contributed by atoms with Crippen LogP contribution in [0.4, 0.5) is 0 Å². The standard InChI is InChI=1S/C20H34N4O2/c1-15-4-7-17(8-5-15)23-20(21-3)22-14-18(19-9-6-16(2)26-19)24-10-12-25-13-11-24/h6,9,15,17-18H,4-5,7-8,10-14H2,1-3H3,(H2,21,22,23). The highest BCUT2D eigenvalue weighted by Crippen LogP contribution is 2.24. The van der Waals surface area contributed by atoms with Gasteiger partial charge in [-0.15, -0.1) is 0 Å². The molecule has 6 nitrogen and oxygen atoms in total. The first kappa shape index (κ1) is 19.2. The normalized spacial score (nSPS) is 26.5. The van der Waals surface area contributed by atoms with E-state index in [0.717, 1.165) is 56.2 Å². The molecule has 1 atom stereocenters. The molecule has 1 aromatic heterocycles. The van der Waals surface area contributed by atoms with Crippen molar-refractivity contribution in [3.05, 3.63) is 23.7 Å². The van der Waals surface area contributed by atoms with Crippen LogP contribution in [0.3, 0.4) is 0 Å². The first-order valence-electron chi connectivity index (χ1n) is 10.0. The number of morpholine rings is 1. The van der Waals surface area contributed by atoms with Gasteiger partial charge < -0.3 is 19.8 Å². The summed E-state index contributed by atoms with van der Waals surface area (Å²) in [6.07, 6.45) is 5.06. The van der Waals surface area contributed by atoms with Gasteiger partial charge in [-0.05, 0) is 50.7 Å². The lowest BCUT2D eigenvalue weighted by molar-refractivity contribution is 0.0124. The minimum Gasteiger partial charge on any atom is -0.465 e. The van der Waals surface area contributed by atoms with E-state index in [2.05, 4.69) is 33.5 Å². The van der Waals surface area contributed by atoms with E-state index < -0.39 is 0 Å². The molecule has 0 aromatic carbocycles. The molecular weight excluding hydrogens is 328 g/mol. The molecule has 1 saturated heterocycles. The van der Waals surface area contributed by atoms with Crippen LogP contribution < -0.4 is 10.6 Å². The van der Waals surface area contributed by atoms with Gasteiger partial charge in [0.25, 0.3) is 0 Å². The average molecular weight is 363 g/mol. The van der Waals surface area contributed by atoms with Gasteiger partial charge >= 0.3 is 0 Å². The molecule has 1 saturated carbocycles. The fraction of sp³-hybridized carbons (Fsp3) is 0.750. The van der Waals surface area contributed by atoms with E-state index in [9.17, 15) is 0 Å². The Morgan fingerprint density at radius 1 is 1.23 bits per heavy atom. The fourth-order valence-corrected chi connectivity index (χ4v) is 3.92. The van der Waals surface area contributed by atoms with Gasteiger partial charge in [0.05, 0.1) is 19.3 Å². The van der Waals surface area contributed by atoms with Crippen molar-refractivity contribution in [3.63, 3.8) is 0 Å². The molecule has 0 amide bonds. The maximum atomic E-state index is 5.94. The van der Waals surface area contributed by atoms with Crippen LogP contribution in [0.25, 0.3) is 0 Å². The molecule has 2 fully saturated rings. The summed E-state index contributed by atoms with van der Waals surface area (Å²) in [6.45, 7) is 8.54. The molecule has 2 N–H and O–H groups in total. The maximum Gasteiger partial charge on any atom is 0.191 e. The average Bonchev–Trinajstić information content (AvgIpc) is 3.09. The van der Waals surface area contributed by atoms with Crippen LogP contribution in [0.2, 0.25) is 0 Å². The zero-order chi connectivity index (χ0) is 18.4. The molecule has 0 bridgehead atoms. The van der Waals surface area contributed by atoms with E-state index in [0.29, 0.717) is 6.04 Å². The molecule has 3 rings (SSSR count). The fourth-order valence-electron chi connectivity index (χ4n) is 3.92. The number of ether oxygens (including phenoxy) is 1. The second kappa shape index (κ2) is 9.42. The highest BCUT2D eigenvalue weighted by atomic mass is 16.5. The lowest BCUT2D eigenvalue weighted by atomic mass is 9.87.